The number of benzene rings is 1. The predicted octanol–water partition coefficient (Wildman–Crippen LogP) is 3.31. The van der Waals surface area contributed by atoms with E-state index in [4.69, 9.17) is 0 Å². The largest absolute Gasteiger partial charge is 0.512 e. The first kappa shape index (κ1) is 26.9. The van der Waals surface area contributed by atoms with Gasteiger partial charge in [-0.3, -0.25) is 4.79 Å². The SMILES string of the molecule is COC(=O)/C=C(\O)CC(=O)CCc1c(-c2ccc(F)cc2)nc(N(C)S(C)(=O)=O)nc1C(C)C. The maximum absolute atomic E-state index is 13.5. The number of Topliss-reactive ketones (excluding diaryl/α,β-unsaturated/α-hetero) is 1. The third-order valence-corrected chi connectivity index (χ3v) is 6.15. The molecule has 1 N–H and O–H groups in total. The van der Waals surface area contributed by atoms with Gasteiger partial charge in [-0.1, -0.05) is 13.8 Å². The van der Waals surface area contributed by atoms with Crippen LogP contribution in [0.3, 0.4) is 0 Å². The van der Waals surface area contributed by atoms with E-state index in [1.807, 2.05) is 13.8 Å². The summed E-state index contributed by atoms with van der Waals surface area (Å²) in [6, 6.07) is 5.55. The van der Waals surface area contributed by atoms with Crippen molar-refractivity contribution in [1.29, 1.82) is 0 Å². The number of aromatic nitrogens is 2. The smallest absolute Gasteiger partial charge is 0.333 e. The number of anilines is 1. The average Bonchev–Trinajstić information content (AvgIpc) is 2.76. The van der Waals surface area contributed by atoms with E-state index in [1.54, 1.807) is 0 Å². The molecule has 0 fully saturated rings. The lowest BCUT2D eigenvalue weighted by atomic mass is 9.94. The molecule has 184 valence electrons. The number of halogens is 1. The van der Waals surface area contributed by atoms with Crippen LogP contribution in [0.1, 0.15) is 43.9 Å². The molecule has 9 nitrogen and oxygen atoms in total. The fourth-order valence-electron chi connectivity index (χ4n) is 3.15. The average molecular weight is 494 g/mol. The number of allylic oxidation sites excluding steroid dienone is 1. The van der Waals surface area contributed by atoms with E-state index in [2.05, 4.69) is 14.7 Å². The van der Waals surface area contributed by atoms with Crippen LogP contribution in [0.25, 0.3) is 11.3 Å². The fourth-order valence-corrected chi connectivity index (χ4v) is 3.53. The Bertz CT molecular complexity index is 1190. The van der Waals surface area contributed by atoms with Crippen molar-refractivity contribution in [3.05, 3.63) is 53.2 Å². The molecule has 0 saturated carbocycles. The number of aliphatic hydroxyl groups is 1. The van der Waals surface area contributed by atoms with Crippen LogP contribution in [-0.2, 0) is 30.8 Å². The van der Waals surface area contributed by atoms with Crippen LogP contribution in [-0.4, -0.2) is 55.7 Å². The Labute approximate surface area is 198 Å². The lowest BCUT2D eigenvalue weighted by Crippen LogP contribution is -2.28. The van der Waals surface area contributed by atoms with E-state index in [0.29, 0.717) is 22.5 Å². The minimum Gasteiger partial charge on any atom is -0.512 e. The molecule has 0 bridgehead atoms. The first-order valence-corrected chi connectivity index (χ1v) is 12.3. The molecule has 1 heterocycles. The van der Waals surface area contributed by atoms with E-state index < -0.39 is 27.6 Å². The quantitative estimate of drug-likeness (QED) is 0.303. The van der Waals surface area contributed by atoms with Crippen molar-refractivity contribution in [2.45, 2.75) is 39.0 Å². The van der Waals surface area contributed by atoms with E-state index in [1.165, 1.54) is 31.3 Å². The number of esters is 1. The second kappa shape index (κ2) is 11.2. The van der Waals surface area contributed by atoms with Crippen molar-refractivity contribution >= 4 is 27.7 Å². The molecule has 0 aliphatic rings. The maximum atomic E-state index is 13.5. The first-order valence-electron chi connectivity index (χ1n) is 10.4. The molecule has 1 aromatic heterocycles. The van der Waals surface area contributed by atoms with Crippen LogP contribution < -0.4 is 4.31 Å². The van der Waals surface area contributed by atoms with Crippen molar-refractivity contribution in [3.63, 3.8) is 0 Å². The van der Waals surface area contributed by atoms with Gasteiger partial charge < -0.3 is 9.84 Å². The van der Waals surface area contributed by atoms with Crippen LogP contribution in [0.5, 0.6) is 0 Å². The van der Waals surface area contributed by atoms with E-state index >= 15 is 0 Å². The molecule has 0 amide bonds. The van der Waals surface area contributed by atoms with Gasteiger partial charge in [0.1, 0.15) is 17.4 Å². The van der Waals surface area contributed by atoms with Gasteiger partial charge in [-0.2, -0.15) is 0 Å². The maximum Gasteiger partial charge on any atom is 0.333 e. The minimum atomic E-state index is -3.65. The number of rotatable bonds is 10. The Hall–Kier alpha value is -3.34. The summed E-state index contributed by atoms with van der Waals surface area (Å²) in [7, 11) is -1.15. The third-order valence-electron chi connectivity index (χ3n) is 4.99. The topological polar surface area (TPSA) is 127 Å². The second-order valence-corrected chi connectivity index (χ2v) is 10.0. The molecule has 2 aromatic rings. The monoisotopic (exact) mass is 493 g/mol. The third kappa shape index (κ3) is 7.08. The first-order chi connectivity index (χ1) is 15.8. The number of nitrogens with zero attached hydrogens (tertiary/aromatic N) is 3. The molecule has 0 unspecified atom stereocenters. The molecule has 0 saturated heterocycles. The molecule has 0 aliphatic heterocycles. The highest BCUT2D eigenvalue weighted by atomic mass is 32.2. The normalized spacial score (nSPS) is 12.0. The second-order valence-electron chi connectivity index (χ2n) is 8.00. The molecular weight excluding hydrogens is 465 g/mol. The number of carbonyl (C=O) groups is 2. The lowest BCUT2D eigenvalue weighted by molar-refractivity contribution is -0.135. The predicted molar refractivity (Wildman–Crippen MR) is 125 cm³/mol. The van der Waals surface area contributed by atoms with Crippen molar-refractivity contribution in [2.75, 3.05) is 24.7 Å². The summed E-state index contributed by atoms with van der Waals surface area (Å²) >= 11 is 0. The molecular formula is C23H28FN3O6S. The van der Waals surface area contributed by atoms with E-state index in [0.717, 1.165) is 23.7 Å². The summed E-state index contributed by atoms with van der Waals surface area (Å²) in [6.07, 6.45) is 1.70. The van der Waals surface area contributed by atoms with E-state index in [9.17, 15) is 27.5 Å². The Morgan fingerprint density at radius 3 is 2.35 bits per heavy atom. The van der Waals surface area contributed by atoms with Crippen LogP contribution in [0, 0.1) is 5.82 Å². The van der Waals surface area contributed by atoms with Gasteiger partial charge in [0, 0.05) is 24.6 Å². The molecule has 0 aliphatic carbocycles. The summed E-state index contributed by atoms with van der Waals surface area (Å²) in [5, 5.41) is 9.81. The Morgan fingerprint density at radius 1 is 1.21 bits per heavy atom. The number of sulfonamides is 1. The number of hydrogen-bond donors (Lipinski definition) is 1. The van der Waals surface area contributed by atoms with Crippen molar-refractivity contribution < 1.29 is 32.2 Å². The molecule has 0 radical (unpaired) electrons. The number of ether oxygens (including phenoxy) is 1. The molecule has 0 spiro atoms. The van der Waals surface area contributed by atoms with Gasteiger partial charge in [-0.25, -0.2) is 31.9 Å². The van der Waals surface area contributed by atoms with Crippen molar-refractivity contribution in [3.8, 4) is 11.3 Å². The standard InChI is InChI=1S/C23H28FN3O6S/c1-14(2)21-19(11-10-17(28)12-18(29)13-20(30)33-4)22(15-6-8-16(24)9-7-15)26-23(25-21)27(3)34(5,31)32/h6-9,13-14,29H,10-12H2,1-5H3/b18-13-. The van der Waals surface area contributed by atoms with Crippen LogP contribution in [0.4, 0.5) is 10.3 Å². The van der Waals surface area contributed by atoms with Crippen LogP contribution >= 0.6 is 0 Å². The Morgan fingerprint density at radius 2 is 1.82 bits per heavy atom. The molecule has 2 rings (SSSR count). The molecule has 34 heavy (non-hydrogen) atoms. The highest BCUT2D eigenvalue weighted by molar-refractivity contribution is 7.92. The van der Waals surface area contributed by atoms with Gasteiger partial charge in [-0.05, 0) is 36.6 Å². The summed E-state index contributed by atoms with van der Waals surface area (Å²) < 4.78 is 43.1. The van der Waals surface area contributed by atoms with Gasteiger partial charge in [0.15, 0.2) is 0 Å². The molecule has 11 heteroatoms. The van der Waals surface area contributed by atoms with Gasteiger partial charge in [-0.15, -0.1) is 0 Å². The Kier molecular flexibility index (Phi) is 8.86. The highest BCUT2D eigenvalue weighted by Crippen LogP contribution is 2.31. The summed E-state index contributed by atoms with van der Waals surface area (Å²) in [5.41, 5.74) is 2.06. The number of methoxy groups -OCH3 is 1. The minimum absolute atomic E-state index is 0.00237. The zero-order chi connectivity index (χ0) is 25.6. The lowest BCUT2D eigenvalue weighted by Gasteiger charge is -2.21. The zero-order valence-corrected chi connectivity index (χ0v) is 20.5. The number of aliphatic hydroxyl groups excluding tert-OH is 1. The number of hydrogen-bond acceptors (Lipinski definition) is 8. The molecule has 0 atom stereocenters. The molecule has 1 aromatic carbocycles. The zero-order valence-electron chi connectivity index (χ0n) is 19.7. The van der Waals surface area contributed by atoms with Gasteiger partial charge in [0.2, 0.25) is 16.0 Å². The number of ketones is 1. The summed E-state index contributed by atoms with van der Waals surface area (Å²) in [6.45, 7) is 3.74. The van der Waals surface area contributed by atoms with Crippen molar-refractivity contribution in [1.82, 2.24) is 9.97 Å². The van der Waals surface area contributed by atoms with Gasteiger partial charge in [0.05, 0.1) is 37.3 Å². The Balaban J connectivity index is 2.52. The van der Waals surface area contributed by atoms with Crippen LogP contribution in [0.15, 0.2) is 36.1 Å². The van der Waals surface area contributed by atoms with Gasteiger partial charge in [0.25, 0.3) is 0 Å². The highest BCUT2D eigenvalue weighted by Gasteiger charge is 2.23. The van der Waals surface area contributed by atoms with Crippen LogP contribution in [0.2, 0.25) is 0 Å². The van der Waals surface area contributed by atoms with E-state index in [-0.39, 0.29) is 36.9 Å². The van der Waals surface area contributed by atoms with Crippen molar-refractivity contribution in [2.24, 2.45) is 0 Å². The summed E-state index contributed by atoms with van der Waals surface area (Å²) in [4.78, 5) is 32.6. The summed E-state index contributed by atoms with van der Waals surface area (Å²) in [5.74, 6) is -2.16. The fraction of sp³-hybridized carbons (Fsp3) is 0.391. The van der Waals surface area contributed by atoms with Gasteiger partial charge >= 0.3 is 5.97 Å². The number of carbonyl (C=O) groups excluding carboxylic acids is 2.